The summed E-state index contributed by atoms with van der Waals surface area (Å²) in [4.78, 5) is 13.9. The van der Waals surface area contributed by atoms with Gasteiger partial charge in [-0.3, -0.25) is 9.69 Å². The molecule has 3 N–H and O–H groups in total. The van der Waals surface area contributed by atoms with Crippen molar-refractivity contribution in [3.05, 3.63) is 35.9 Å². The summed E-state index contributed by atoms with van der Waals surface area (Å²) in [7, 11) is 0. The number of nitrogens with zero attached hydrogens (tertiary/aromatic N) is 1. The Balaban J connectivity index is 2.73. The van der Waals surface area contributed by atoms with Crippen molar-refractivity contribution in [2.45, 2.75) is 26.3 Å². The average Bonchev–Trinajstić information content (AvgIpc) is 2.44. The molecule has 0 fully saturated rings. The maximum absolute atomic E-state index is 11.6. The van der Waals surface area contributed by atoms with Gasteiger partial charge in [0.1, 0.15) is 0 Å². The highest BCUT2D eigenvalue weighted by atomic mass is 16.1. The van der Waals surface area contributed by atoms with Gasteiger partial charge in [0.25, 0.3) is 0 Å². The predicted octanol–water partition coefficient (Wildman–Crippen LogP) is 1.53. The van der Waals surface area contributed by atoms with Crippen LogP contribution in [0.25, 0.3) is 0 Å². The molecular weight excluding hydrogens is 238 g/mol. The van der Waals surface area contributed by atoms with Crippen LogP contribution < -0.4 is 11.1 Å². The lowest BCUT2D eigenvalue weighted by Gasteiger charge is -2.30. The van der Waals surface area contributed by atoms with E-state index in [2.05, 4.69) is 36.2 Å². The van der Waals surface area contributed by atoms with Crippen LogP contribution in [0.5, 0.6) is 0 Å². The first-order chi connectivity index (χ1) is 9.22. The molecule has 1 aromatic rings. The fourth-order valence-electron chi connectivity index (χ4n) is 2.23. The summed E-state index contributed by atoms with van der Waals surface area (Å²) in [6.45, 7) is 7.23. The zero-order valence-electron chi connectivity index (χ0n) is 11.9. The third kappa shape index (κ3) is 5.01. The standard InChI is InChI=1S/C15H25N3O/c1-3-18(4-2)14(12-17-15(19)10-11-16)13-8-6-5-7-9-13/h5-9,14H,3-4,10-12,16H2,1-2H3,(H,17,19). The molecule has 1 amide bonds. The molecule has 4 heteroatoms. The van der Waals surface area contributed by atoms with Crippen molar-refractivity contribution in [2.24, 2.45) is 5.73 Å². The van der Waals surface area contributed by atoms with Crippen molar-refractivity contribution in [1.29, 1.82) is 0 Å². The highest BCUT2D eigenvalue weighted by molar-refractivity contribution is 5.76. The average molecular weight is 263 g/mol. The molecule has 19 heavy (non-hydrogen) atoms. The van der Waals surface area contributed by atoms with Gasteiger partial charge in [0.05, 0.1) is 6.04 Å². The molecule has 0 aliphatic rings. The van der Waals surface area contributed by atoms with E-state index < -0.39 is 0 Å². The van der Waals surface area contributed by atoms with Crippen LogP contribution in [0, 0.1) is 0 Å². The first kappa shape index (κ1) is 15.7. The molecule has 1 atom stereocenters. The molecule has 0 saturated heterocycles. The molecule has 106 valence electrons. The largest absolute Gasteiger partial charge is 0.354 e. The van der Waals surface area contributed by atoms with Crippen molar-refractivity contribution < 1.29 is 4.79 Å². The van der Waals surface area contributed by atoms with Crippen molar-refractivity contribution in [2.75, 3.05) is 26.2 Å². The van der Waals surface area contributed by atoms with E-state index in [1.807, 2.05) is 18.2 Å². The van der Waals surface area contributed by atoms with Crippen molar-refractivity contribution in [1.82, 2.24) is 10.2 Å². The Kier molecular flexibility index (Phi) is 7.15. The number of amides is 1. The van der Waals surface area contributed by atoms with Crippen molar-refractivity contribution in [3.63, 3.8) is 0 Å². The van der Waals surface area contributed by atoms with E-state index in [1.54, 1.807) is 0 Å². The van der Waals surface area contributed by atoms with Gasteiger partial charge in [-0.1, -0.05) is 44.2 Å². The molecule has 0 aliphatic carbocycles. The number of hydrogen-bond donors (Lipinski definition) is 2. The van der Waals surface area contributed by atoms with Gasteiger partial charge in [0.2, 0.25) is 5.91 Å². The Morgan fingerprint density at radius 3 is 2.42 bits per heavy atom. The molecule has 1 aromatic carbocycles. The third-order valence-electron chi connectivity index (χ3n) is 3.30. The Bertz CT molecular complexity index is 363. The molecule has 0 aromatic heterocycles. The number of benzene rings is 1. The Hall–Kier alpha value is -1.39. The van der Waals surface area contributed by atoms with Crippen LogP contribution in [0.3, 0.4) is 0 Å². The fourth-order valence-corrected chi connectivity index (χ4v) is 2.23. The summed E-state index contributed by atoms with van der Waals surface area (Å²) in [5.74, 6) is 0.0237. The van der Waals surface area contributed by atoms with E-state index in [0.29, 0.717) is 19.5 Å². The van der Waals surface area contributed by atoms with Crippen LogP contribution in [-0.2, 0) is 4.79 Å². The van der Waals surface area contributed by atoms with E-state index in [9.17, 15) is 4.79 Å². The van der Waals surface area contributed by atoms with Crippen LogP contribution in [-0.4, -0.2) is 37.0 Å². The number of likely N-dealkylation sites (N-methyl/N-ethyl adjacent to an activating group) is 1. The number of hydrogen-bond acceptors (Lipinski definition) is 3. The second kappa shape index (κ2) is 8.67. The van der Waals surface area contributed by atoms with Gasteiger partial charge in [-0.2, -0.15) is 0 Å². The van der Waals surface area contributed by atoms with Crippen LogP contribution in [0.2, 0.25) is 0 Å². The maximum atomic E-state index is 11.6. The summed E-state index contributed by atoms with van der Waals surface area (Å²) in [5.41, 5.74) is 6.62. The highest BCUT2D eigenvalue weighted by Crippen LogP contribution is 2.19. The lowest BCUT2D eigenvalue weighted by atomic mass is 10.1. The SMILES string of the molecule is CCN(CC)C(CNC(=O)CCN)c1ccccc1. The minimum Gasteiger partial charge on any atom is -0.354 e. The minimum atomic E-state index is 0.0237. The minimum absolute atomic E-state index is 0.0237. The van der Waals surface area contributed by atoms with Gasteiger partial charge >= 0.3 is 0 Å². The van der Waals surface area contributed by atoms with Crippen LogP contribution in [0.15, 0.2) is 30.3 Å². The molecule has 0 spiro atoms. The van der Waals surface area contributed by atoms with Gasteiger partial charge < -0.3 is 11.1 Å². The molecule has 0 heterocycles. The first-order valence-electron chi connectivity index (χ1n) is 6.98. The summed E-state index contributed by atoms with van der Waals surface area (Å²) in [6.07, 6.45) is 0.389. The fraction of sp³-hybridized carbons (Fsp3) is 0.533. The Labute approximate surface area is 116 Å². The molecule has 0 aliphatic heterocycles. The normalized spacial score (nSPS) is 12.4. The van der Waals surface area contributed by atoms with Crippen LogP contribution >= 0.6 is 0 Å². The van der Waals surface area contributed by atoms with E-state index in [-0.39, 0.29) is 11.9 Å². The topological polar surface area (TPSA) is 58.4 Å². The zero-order valence-corrected chi connectivity index (χ0v) is 11.9. The second-order valence-electron chi connectivity index (χ2n) is 4.49. The van der Waals surface area contributed by atoms with E-state index in [4.69, 9.17) is 5.73 Å². The van der Waals surface area contributed by atoms with E-state index in [0.717, 1.165) is 13.1 Å². The third-order valence-corrected chi connectivity index (χ3v) is 3.30. The number of carbonyl (C=O) groups excluding carboxylic acids is 1. The van der Waals surface area contributed by atoms with Gasteiger partial charge in [0, 0.05) is 19.5 Å². The molecule has 0 saturated carbocycles. The first-order valence-corrected chi connectivity index (χ1v) is 6.98. The van der Waals surface area contributed by atoms with Gasteiger partial charge in [0.15, 0.2) is 0 Å². The Morgan fingerprint density at radius 2 is 1.89 bits per heavy atom. The number of nitrogens with two attached hydrogens (primary N) is 1. The van der Waals surface area contributed by atoms with Gasteiger partial charge in [-0.05, 0) is 18.7 Å². The number of carbonyl (C=O) groups is 1. The summed E-state index contributed by atoms with van der Waals surface area (Å²) in [6, 6.07) is 10.5. The molecule has 0 radical (unpaired) electrons. The Morgan fingerprint density at radius 1 is 1.26 bits per heavy atom. The lowest BCUT2D eigenvalue weighted by Crippen LogP contribution is -2.38. The van der Waals surface area contributed by atoms with Crippen LogP contribution in [0.1, 0.15) is 31.9 Å². The second-order valence-corrected chi connectivity index (χ2v) is 4.49. The van der Waals surface area contributed by atoms with Gasteiger partial charge in [-0.25, -0.2) is 0 Å². The monoisotopic (exact) mass is 263 g/mol. The smallest absolute Gasteiger partial charge is 0.221 e. The van der Waals surface area contributed by atoms with Crippen LogP contribution in [0.4, 0.5) is 0 Å². The summed E-state index contributed by atoms with van der Waals surface area (Å²) < 4.78 is 0. The number of rotatable bonds is 8. The van der Waals surface area contributed by atoms with Crippen molar-refractivity contribution in [3.8, 4) is 0 Å². The molecule has 4 nitrogen and oxygen atoms in total. The molecular formula is C15H25N3O. The molecule has 1 unspecified atom stereocenters. The van der Waals surface area contributed by atoms with E-state index >= 15 is 0 Å². The zero-order chi connectivity index (χ0) is 14.1. The van der Waals surface area contributed by atoms with E-state index in [1.165, 1.54) is 5.56 Å². The quantitative estimate of drug-likeness (QED) is 0.748. The summed E-state index contributed by atoms with van der Waals surface area (Å²) >= 11 is 0. The summed E-state index contributed by atoms with van der Waals surface area (Å²) in [5, 5.41) is 2.97. The lowest BCUT2D eigenvalue weighted by molar-refractivity contribution is -0.121. The molecule has 0 bridgehead atoms. The number of nitrogens with one attached hydrogen (secondary N) is 1. The van der Waals surface area contributed by atoms with Crippen molar-refractivity contribution >= 4 is 5.91 Å². The highest BCUT2D eigenvalue weighted by Gasteiger charge is 2.18. The maximum Gasteiger partial charge on any atom is 0.221 e. The molecule has 1 rings (SSSR count). The van der Waals surface area contributed by atoms with Gasteiger partial charge in [-0.15, -0.1) is 0 Å². The predicted molar refractivity (Wildman–Crippen MR) is 78.8 cm³/mol.